The highest BCUT2D eigenvalue weighted by Gasteiger charge is 2.38. The van der Waals surface area contributed by atoms with Crippen LogP contribution in [0.2, 0.25) is 0 Å². The Morgan fingerprint density at radius 3 is 2.88 bits per heavy atom. The molecule has 0 spiro atoms. The normalized spacial score (nSPS) is 20.7. The van der Waals surface area contributed by atoms with Gasteiger partial charge in [-0.15, -0.1) is 11.3 Å². The van der Waals surface area contributed by atoms with E-state index in [9.17, 15) is 9.18 Å². The molecule has 122 valence electrons. The second-order valence-corrected chi connectivity index (χ2v) is 6.77. The number of hydrogen-bond acceptors (Lipinski definition) is 6. The van der Waals surface area contributed by atoms with Crippen LogP contribution >= 0.6 is 11.3 Å². The molecule has 0 aliphatic carbocycles. The van der Waals surface area contributed by atoms with E-state index in [2.05, 4.69) is 9.98 Å². The summed E-state index contributed by atoms with van der Waals surface area (Å²) in [6.07, 6.45) is 1.75. The van der Waals surface area contributed by atoms with Crippen LogP contribution in [0.4, 0.5) is 4.39 Å². The monoisotopic (exact) mass is 343 g/mol. The standard InChI is InChI=1S/C16H14FN5OS/c1-16(6-13(23)22(2)15(19)21-16)14-20-8-12(24-14)10-3-9(7-18)4-11(17)5-10/h3-5,8H,6H2,1-2H3,(H2,19,21)/t16-/m0/s1. The summed E-state index contributed by atoms with van der Waals surface area (Å²) in [5.41, 5.74) is 5.76. The fourth-order valence-electron chi connectivity index (χ4n) is 2.48. The number of amides is 1. The predicted octanol–water partition coefficient (Wildman–Crippen LogP) is 2.21. The van der Waals surface area contributed by atoms with Gasteiger partial charge in [0.05, 0.1) is 22.9 Å². The summed E-state index contributed by atoms with van der Waals surface area (Å²) < 4.78 is 13.6. The van der Waals surface area contributed by atoms with Crippen molar-refractivity contribution < 1.29 is 9.18 Å². The number of carbonyl (C=O) groups is 1. The Labute approximate surface area is 142 Å². The van der Waals surface area contributed by atoms with Crippen LogP contribution in [0.3, 0.4) is 0 Å². The van der Waals surface area contributed by atoms with E-state index < -0.39 is 11.4 Å². The molecule has 0 saturated heterocycles. The van der Waals surface area contributed by atoms with Crippen LogP contribution in [-0.2, 0) is 10.3 Å². The van der Waals surface area contributed by atoms with Crippen molar-refractivity contribution in [2.75, 3.05) is 7.05 Å². The number of nitriles is 1. The lowest BCUT2D eigenvalue weighted by Crippen LogP contribution is -2.47. The first-order valence-electron chi connectivity index (χ1n) is 7.11. The van der Waals surface area contributed by atoms with E-state index in [4.69, 9.17) is 11.0 Å². The molecule has 1 aliphatic rings. The van der Waals surface area contributed by atoms with Crippen molar-refractivity contribution in [1.29, 1.82) is 5.26 Å². The highest BCUT2D eigenvalue weighted by molar-refractivity contribution is 7.15. The van der Waals surface area contributed by atoms with Gasteiger partial charge in [0.25, 0.3) is 0 Å². The molecule has 3 rings (SSSR count). The Morgan fingerprint density at radius 1 is 1.46 bits per heavy atom. The fraction of sp³-hybridized carbons (Fsp3) is 0.250. The highest BCUT2D eigenvalue weighted by Crippen LogP contribution is 2.38. The Morgan fingerprint density at radius 2 is 2.21 bits per heavy atom. The van der Waals surface area contributed by atoms with Crippen LogP contribution in [0, 0.1) is 17.1 Å². The Hall–Kier alpha value is -2.79. The van der Waals surface area contributed by atoms with E-state index in [-0.39, 0.29) is 23.9 Å². The molecule has 1 atom stereocenters. The highest BCUT2D eigenvalue weighted by atomic mass is 32.1. The third-order valence-corrected chi connectivity index (χ3v) is 5.15. The van der Waals surface area contributed by atoms with Crippen molar-refractivity contribution in [2.45, 2.75) is 18.9 Å². The van der Waals surface area contributed by atoms with Crippen molar-refractivity contribution in [3.8, 4) is 16.5 Å². The van der Waals surface area contributed by atoms with E-state index in [0.29, 0.717) is 15.4 Å². The number of rotatable bonds is 2. The van der Waals surface area contributed by atoms with Gasteiger partial charge in [-0.3, -0.25) is 9.69 Å². The molecule has 24 heavy (non-hydrogen) atoms. The topological polar surface area (TPSA) is 95.4 Å². The van der Waals surface area contributed by atoms with Crippen LogP contribution in [0.5, 0.6) is 0 Å². The lowest BCUT2D eigenvalue weighted by atomic mass is 9.97. The molecule has 8 heteroatoms. The summed E-state index contributed by atoms with van der Waals surface area (Å²) in [5, 5.41) is 9.58. The molecule has 1 aliphatic heterocycles. The molecule has 1 amide bonds. The summed E-state index contributed by atoms with van der Waals surface area (Å²) in [5.74, 6) is -0.482. The minimum atomic E-state index is -0.845. The van der Waals surface area contributed by atoms with Gasteiger partial charge >= 0.3 is 0 Å². The quantitative estimate of drug-likeness (QED) is 0.904. The first-order valence-corrected chi connectivity index (χ1v) is 7.93. The SMILES string of the molecule is CN1C(=O)C[C@@](C)(c2ncc(-c3cc(F)cc(C#N)c3)s2)N=C1N. The van der Waals surface area contributed by atoms with Crippen LogP contribution in [0.25, 0.3) is 10.4 Å². The van der Waals surface area contributed by atoms with Gasteiger partial charge in [-0.1, -0.05) is 0 Å². The molecular formula is C16H14FN5OS. The van der Waals surface area contributed by atoms with Gasteiger partial charge in [0.2, 0.25) is 5.91 Å². The third-order valence-electron chi connectivity index (χ3n) is 3.85. The van der Waals surface area contributed by atoms with Gasteiger partial charge in [-0.2, -0.15) is 5.26 Å². The van der Waals surface area contributed by atoms with Crippen molar-refractivity contribution >= 4 is 23.2 Å². The second kappa shape index (κ2) is 5.69. The van der Waals surface area contributed by atoms with Crippen LogP contribution in [-0.4, -0.2) is 28.8 Å². The molecule has 0 fully saturated rings. The number of benzene rings is 1. The average Bonchev–Trinajstić information content (AvgIpc) is 3.03. The molecule has 0 saturated carbocycles. The molecular weight excluding hydrogens is 329 g/mol. The molecule has 6 nitrogen and oxygen atoms in total. The first-order chi connectivity index (χ1) is 11.3. The number of hydrogen-bond donors (Lipinski definition) is 1. The summed E-state index contributed by atoms with van der Waals surface area (Å²) in [6, 6.07) is 6.04. The average molecular weight is 343 g/mol. The molecule has 1 aromatic carbocycles. The molecule has 2 N–H and O–H groups in total. The minimum absolute atomic E-state index is 0.140. The van der Waals surface area contributed by atoms with Crippen LogP contribution < -0.4 is 5.73 Å². The van der Waals surface area contributed by atoms with Crippen molar-refractivity contribution in [3.63, 3.8) is 0 Å². The zero-order valence-corrected chi connectivity index (χ0v) is 13.9. The van der Waals surface area contributed by atoms with Gasteiger partial charge in [0.15, 0.2) is 5.96 Å². The number of carbonyl (C=O) groups excluding carboxylic acids is 1. The van der Waals surface area contributed by atoms with Crippen molar-refractivity contribution in [1.82, 2.24) is 9.88 Å². The van der Waals surface area contributed by atoms with Crippen LogP contribution in [0.1, 0.15) is 23.9 Å². The minimum Gasteiger partial charge on any atom is -0.369 e. The fourth-order valence-corrected chi connectivity index (χ4v) is 3.48. The van der Waals surface area contributed by atoms with Gasteiger partial charge < -0.3 is 5.73 Å². The number of halogens is 1. The Balaban J connectivity index is 2.01. The third kappa shape index (κ3) is 2.74. The first kappa shape index (κ1) is 16.1. The summed E-state index contributed by atoms with van der Waals surface area (Å²) in [6.45, 7) is 1.79. The van der Waals surface area contributed by atoms with E-state index in [0.717, 1.165) is 0 Å². The number of thiazole rings is 1. The number of guanidine groups is 1. The van der Waals surface area contributed by atoms with Crippen molar-refractivity contribution in [3.05, 3.63) is 40.8 Å². The number of aliphatic imine (C=N–C) groups is 1. The molecule has 2 heterocycles. The number of aromatic nitrogens is 1. The molecule has 0 bridgehead atoms. The van der Waals surface area contributed by atoms with Gasteiger partial charge in [0.1, 0.15) is 16.4 Å². The lowest BCUT2D eigenvalue weighted by Gasteiger charge is -2.31. The van der Waals surface area contributed by atoms with Gasteiger partial charge in [-0.25, -0.2) is 14.4 Å². The smallest absolute Gasteiger partial charge is 0.231 e. The number of nitrogens with zero attached hydrogens (tertiary/aromatic N) is 4. The maximum Gasteiger partial charge on any atom is 0.231 e. The molecule has 1 aromatic heterocycles. The predicted molar refractivity (Wildman–Crippen MR) is 88.6 cm³/mol. The Kier molecular flexibility index (Phi) is 3.81. The van der Waals surface area contributed by atoms with Gasteiger partial charge in [0, 0.05) is 13.2 Å². The molecule has 2 aromatic rings. The van der Waals surface area contributed by atoms with E-state index in [1.165, 1.54) is 28.4 Å². The molecule has 0 unspecified atom stereocenters. The lowest BCUT2D eigenvalue weighted by molar-refractivity contribution is -0.128. The zero-order chi connectivity index (χ0) is 17.5. The van der Waals surface area contributed by atoms with Crippen molar-refractivity contribution in [2.24, 2.45) is 10.7 Å². The van der Waals surface area contributed by atoms with E-state index in [1.54, 1.807) is 26.2 Å². The number of nitrogens with two attached hydrogens (primary N) is 1. The largest absolute Gasteiger partial charge is 0.369 e. The van der Waals surface area contributed by atoms with Gasteiger partial charge in [-0.05, 0) is 30.7 Å². The summed E-state index contributed by atoms with van der Waals surface area (Å²) in [7, 11) is 1.57. The maximum absolute atomic E-state index is 13.6. The second-order valence-electron chi connectivity index (χ2n) is 5.74. The Bertz CT molecular complexity index is 900. The molecule has 0 radical (unpaired) electrons. The summed E-state index contributed by atoms with van der Waals surface area (Å²) in [4.78, 5) is 22.8. The van der Waals surface area contributed by atoms with Crippen LogP contribution in [0.15, 0.2) is 29.4 Å². The van der Waals surface area contributed by atoms with E-state index in [1.807, 2.05) is 6.07 Å². The maximum atomic E-state index is 13.6. The van der Waals surface area contributed by atoms with E-state index >= 15 is 0 Å². The summed E-state index contributed by atoms with van der Waals surface area (Å²) >= 11 is 1.30. The zero-order valence-electron chi connectivity index (χ0n) is 13.1.